The van der Waals surface area contributed by atoms with E-state index >= 15 is 0 Å². The number of likely N-dealkylation sites (tertiary alicyclic amines) is 1. The molecule has 1 atom stereocenters. The van der Waals surface area contributed by atoms with Crippen LogP contribution in [-0.4, -0.2) is 60.9 Å². The van der Waals surface area contributed by atoms with E-state index in [1.54, 1.807) is 11.0 Å². The SMILES string of the molecule is Cc1ccccc1N1CCN(C(=O)C2CCCN(C(=O)c3ccoc3)C2)CC1. The summed E-state index contributed by atoms with van der Waals surface area (Å²) in [5, 5.41) is 0. The number of para-hydroxylation sites is 1. The lowest BCUT2D eigenvalue weighted by molar-refractivity contribution is -0.137. The maximum Gasteiger partial charge on any atom is 0.257 e. The van der Waals surface area contributed by atoms with E-state index in [0.717, 1.165) is 39.0 Å². The second kappa shape index (κ2) is 8.09. The molecule has 0 radical (unpaired) electrons. The highest BCUT2D eigenvalue weighted by atomic mass is 16.3. The smallest absolute Gasteiger partial charge is 0.257 e. The molecule has 2 fully saturated rings. The van der Waals surface area contributed by atoms with E-state index in [1.807, 2.05) is 4.90 Å². The van der Waals surface area contributed by atoms with Gasteiger partial charge in [-0.05, 0) is 37.5 Å². The molecule has 0 aliphatic carbocycles. The summed E-state index contributed by atoms with van der Waals surface area (Å²) in [5.41, 5.74) is 3.08. The van der Waals surface area contributed by atoms with E-state index in [4.69, 9.17) is 4.42 Å². The maximum absolute atomic E-state index is 13.1. The Hall–Kier alpha value is -2.76. The Morgan fingerprint density at radius 3 is 2.50 bits per heavy atom. The molecule has 0 spiro atoms. The van der Waals surface area contributed by atoms with Gasteiger partial charge in [0.1, 0.15) is 6.26 Å². The molecule has 4 rings (SSSR count). The third-order valence-corrected chi connectivity index (χ3v) is 5.87. The highest BCUT2D eigenvalue weighted by Gasteiger charge is 2.33. The standard InChI is InChI=1S/C22H27N3O3/c1-17-5-2-3-7-20(17)23-10-12-24(13-11-23)21(26)18-6-4-9-25(15-18)22(27)19-8-14-28-16-19/h2-3,5,7-8,14,16,18H,4,6,9-13,15H2,1H3. The number of hydrogen-bond acceptors (Lipinski definition) is 4. The number of aryl methyl sites for hydroxylation is 1. The lowest BCUT2D eigenvalue weighted by atomic mass is 9.95. The van der Waals surface area contributed by atoms with Crippen LogP contribution in [0.5, 0.6) is 0 Å². The molecule has 2 aliphatic rings. The number of hydrogen-bond donors (Lipinski definition) is 0. The number of furan rings is 1. The summed E-state index contributed by atoms with van der Waals surface area (Å²) in [6.45, 7) is 6.50. The van der Waals surface area contributed by atoms with Gasteiger partial charge < -0.3 is 19.1 Å². The molecule has 6 nitrogen and oxygen atoms in total. The fourth-order valence-electron chi connectivity index (χ4n) is 4.28. The second-order valence-electron chi connectivity index (χ2n) is 7.70. The number of benzene rings is 1. The minimum Gasteiger partial charge on any atom is -0.472 e. The van der Waals surface area contributed by atoms with Gasteiger partial charge in [-0.2, -0.15) is 0 Å². The first kappa shape index (κ1) is 18.6. The zero-order valence-electron chi connectivity index (χ0n) is 16.3. The molecular weight excluding hydrogens is 354 g/mol. The summed E-state index contributed by atoms with van der Waals surface area (Å²) in [6, 6.07) is 10.1. The Morgan fingerprint density at radius 1 is 1.00 bits per heavy atom. The minimum atomic E-state index is -0.102. The lowest BCUT2D eigenvalue weighted by Gasteiger charge is -2.40. The lowest BCUT2D eigenvalue weighted by Crippen LogP contribution is -2.53. The van der Waals surface area contributed by atoms with Gasteiger partial charge >= 0.3 is 0 Å². The van der Waals surface area contributed by atoms with Gasteiger partial charge in [0.25, 0.3) is 5.91 Å². The molecule has 2 aliphatic heterocycles. The average molecular weight is 381 g/mol. The molecule has 6 heteroatoms. The van der Waals surface area contributed by atoms with Crippen molar-refractivity contribution in [2.45, 2.75) is 19.8 Å². The van der Waals surface area contributed by atoms with E-state index < -0.39 is 0 Å². The van der Waals surface area contributed by atoms with Crippen LogP contribution in [0.25, 0.3) is 0 Å². The molecule has 2 amide bonds. The Labute approximate surface area is 165 Å². The van der Waals surface area contributed by atoms with Crippen LogP contribution in [0, 0.1) is 12.8 Å². The highest BCUT2D eigenvalue weighted by molar-refractivity contribution is 5.94. The van der Waals surface area contributed by atoms with Crippen LogP contribution in [0.2, 0.25) is 0 Å². The topological polar surface area (TPSA) is 57.0 Å². The quantitative estimate of drug-likeness (QED) is 0.820. The Morgan fingerprint density at radius 2 is 1.79 bits per heavy atom. The van der Waals surface area contributed by atoms with Gasteiger partial charge in [-0.25, -0.2) is 0 Å². The van der Waals surface area contributed by atoms with Crippen molar-refractivity contribution in [2.75, 3.05) is 44.2 Å². The monoisotopic (exact) mass is 381 g/mol. The molecule has 0 bridgehead atoms. The van der Waals surface area contributed by atoms with E-state index in [-0.39, 0.29) is 17.7 Å². The summed E-state index contributed by atoms with van der Waals surface area (Å²) < 4.78 is 5.02. The average Bonchev–Trinajstić information content (AvgIpc) is 3.28. The number of carbonyl (C=O) groups is 2. The first-order valence-electron chi connectivity index (χ1n) is 10.0. The largest absolute Gasteiger partial charge is 0.472 e. The van der Waals surface area contributed by atoms with Gasteiger partial charge in [-0.1, -0.05) is 18.2 Å². The number of anilines is 1. The molecular formula is C22H27N3O3. The molecule has 2 saturated heterocycles. The fourth-order valence-corrected chi connectivity index (χ4v) is 4.28. The van der Waals surface area contributed by atoms with Crippen molar-refractivity contribution in [3.05, 3.63) is 54.0 Å². The van der Waals surface area contributed by atoms with Crippen molar-refractivity contribution < 1.29 is 14.0 Å². The zero-order chi connectivity index (χ0) is 19.5. The summed E-state index contributed by atoms with van der Waals surface area (Å²) in [7, 11) is 0. The number of carbonyl (C=O) groups excluding carboxylic acids is 2. The van der Waals surface area contributed by atoms with E-state index in [0.29, 0.717) is 18.7 Å². The van der Waals surface area contributed by atoms with Crippen LogP contribution in [0.4, 0.5) is 5.69 Å². The van der Waals surface area contributed by atoms with Crippen LogP contribution in [0.3, 0.4) is 0 Å². The second-order valence-corrected chi connectivity index (χ2v) is 7.70. The molecule has 0 saturated carbocycles. The van der Waals surface area contributed by atoms with Gasteiger partial charge in [0, 0.05) is 45.0 Å². The number of piperazine rings is 1. The normalized spacial score (nSPS) is 20.3. The van der Waals surface area contributed by atoms with Crippen molar-refractivity contribution in [3.63, 3.8) is 0 Å². The van der Waals surface area contributed by atoms with Gasteiger partial charge in [0.2, 0.25) is 5.91 Å². The molecule has 0 N–H and O–H groups in total. The first-order valence-corrected chi connectivity index (χ1v) is 10.0. The van der Waals surface area contributed by atoms with E-state index in [1.165, 1.54) is 23.8 Å². The first-order chi connectivity index (χ1) is 13.6. The summed E-state index contributed by atoms with van der Waals surface area (Å²) in [5.74, 6) is 0.0411. The molecule has 2 aromatic rings. The minimum absolute atomic E-state index is 0.0457. The third-order valence-electron chi connectivity index (χ3n) is 5.87. The van der Waals surface area contributed by atoms with Crippen LogP contribution < -0.4 is 4.90 Å². The van der Waals surface area contributed by atoms with Crippen LogP contribution in [0.15, 0.2) is 47.3 Å². The maximum atomic E-state index is 13.1. The Kier molecular flexibility index (Phi) is 5.37. The molecule has 28 heavy (non-hydrogen) atoms. The number of rotatable bonds is 3. The van der Waals surface area contributed by atoms with Crippen molar-refractivity contribution >= 4 is 17.5 Å². The van der Waals surface area contributed by atoms with Crippen molar-refractivity contribution in [3.8, 4) is 0 Å². The molecule has 1 aromatic carbocycles. The number of amides is 2. The molecule has 3 heterocycles. The predicted molar refractivity (Wildman–Crippen MR) is 107 cm³/mol. The Bertz CT molecular complexity index is 825. The third kappa shape index (κ3) is 3.77. The van der Waals surface area contributed by atoms with E-state index in [2.05, 4.69) is 36.1 Å². The van der Waals surface area contributed by atoms with E-state index in [9.17, 15) is 9.59 Å². The van der Waals surface area contributed by atoms with Gasteiger partial charge in [-0.3, -0.25) is 9.59 Å². The van der Waals surface area contributed by atoms with Crippen LogP contribution >= 0.6 is 0 Å². The van der Waals surface area contributed by atoms with Crippen LogP contribution in [-0.2, 0) is 4.79 Å². The summed E-state index contributed by atoms with van der Waals surface area (Å²) in [4.78, 5) is 31.8. The van der Waals surface area contributed by atoms with Crippen LogP contribution in [0.1, 0.15) is 28.8 Å². The highest BCUT2D eigenvalue weighted by Crippen LogP contribution is 2.24. The molecule has 1 unspecified atom stereocenters. The van der Waals surface area contributed by atoms with Crippen molar-refractivity contribution in [1.82, 2.24) is 9.80 Å². The van der Waals surface area contributed by atoms with Crippen molar-refractivity contribution in [1.29, 1.82) is 0 Å². The fraction of sp³-hybridized carbons (Fsp3) is 0.455. The predicted octanol–water partition coefficient (Wildman–Crippen LogP) is 2.79. The van der Waals surface area contributed by atoms with Gasteiger partial charge in [0.05, 0.1) is 17.7 Å². The molecule has 148 valence electrons. The zero-order valence-corrected chi connectivity index (χ0v) is 16.3. The van der Waals surface area contributed by atoms with Crippen molar-refractivity contribution in [2.24, 2.45) is 5.92 Å². The molecule has 1 aromatic heterocycles. The van der Waals surface area contributed by atoms with Gasteiger partial charge in [0.15, 0.2) is 0 Å². The number of nitrogens with zero attached hydrogens (tertiary/aromatic N) is 3. The summed E-state index contributed by atoms with van der Waals surface area (Å²) in [6.07, 6.45) is 4.70. The number of piperidine rings is 1. The van der Waals surface area contributed by atoms with Gasteiger partial charge in [-0.15, -0.1) is 0 Å². The summed E-state index contributed by atoms with van der Waals surface area (Å²) >= 11 is 0. The Balaban J connectivity index is 1.35.